The molecule has 0 spiro atoms. The normalized spacial score (nSPS) is 19.8. The maximum atomic E-state index is 13.6. The van der Waals surface area contributed by atoms with E-state index < -0.39 is 36.3 Å². The predicted molar refractivity (Wildman–Crippen MR) is 119 cm³/mol. The number of aromatic nitrogens is 4. The van der Waals surface area contributed by atoms with E-state index in [0.29, 0.717) is 11.3 Å². The molecule has 1 saturated heterocycles. The number of nitrogen functional groups attached to an aromatic ring is 1. The molecule has 0 saturated carbocycles. The summed E-state index contributed by atoms with van der Waals surface area (Å²) < 4.78 is 24.5. The first-order valence-electron chi connectivity index (χ1n) is 10.7. The van der Waals surface area contributed by atoms with Gasteiger partial charge >= 0.3 is 17.6 Å². The quantitative estimate of drug-likeness (QED) is 0.500. The third-order valence-electron chi connectivity index (χ3n) is 5.36. The molecule has 34 heavy (non-hydrogen) atoms. The molecule has 1 fully saturated rings. The molecule has 2 N–H and O–H groups in total. The summed E-state index contributed by atoms with van der Waals surface area (Å²) in [5, 5.41) is 0. The fourth-order valence-electron chi connectivity index (χ4n) is 3.86. The molecule has 0 radical (unpaired) electrons. The second-order valence-corrected chi connectivity index (χ2v) is 7.71. The fraction of sp³-hybridized carbons (Fsp3) is 0.409. The van der Waals surface area contributed by atoms with Crippen molar-refractivity contribution < 1.29 is 28.5 Å². The number of imidazole rings is 1. The number of hydrogen-bond donors (Lipinski definition) is 1. The number of carbonyl (C=O) groups excluding carboxylic acids is 2. The van der Waals surface area contributed by atoms with Crippen LogP contribution in [0.5, 0.6) is 5.75 Å². The molecule has 180 valence electrons. The first-order chi connectivity index (χ1) is 16.3. The van der Waals surface area contributed by atoms with Crippen molar-refractivity contribution in [2.75, 3.05) is 12.8 Å². The number of hydrogen-bond acceptors (Lipinski definition) is 10. The Morgan fingerprint density at radius 3 is 2.79 bits per heavy atom. The molecule has 0 amide bonds. The molecule has 2 aromatic heterocycles. The van der Waals surface area contributed by atoms with Crippen molar-refractivity contribution in [3.05, 3.63) is 46.5 Å². The van der Waals surface area contributed by atoms with Crippen LogP contribution in [0.1, 0.15) is 38.5 Å². The highest BCUT2D eigenvalue weighted by molar-refractivity contribution is 5.72. The summed E-state index contributed by atoms with van der Waals surface area (Å²) in [7, 11) is 1.56. The van der Waals surface area contributed by atoms with Crippen molar-refractivity contribution in [2.24, 2.45) is 0 Å². The van der Waals surface area contributed by atoms with Crippen molar-refractivity contribution >= 4 is 29.1 Å². The van der Waals surface area contributed by atoms with Crippen LogP contribution in [0.4, 0.5) is 5.95 Å². The van der Waals surface area contributed by atoms with E-state index in [1.54, 1.807) is 20.1 Å². The minimum atomic E-state index is -1.09. The van der Waals surface area contributed by atoms with E-state index >= 15 is 0 Å². The summed E-state index contributed by atoms with van der Waals surface area (Å²) in [6.45, 7) is 3.08. The van der Waals surface area contributed by atoms with Gasteiger partial charge < -0.3 is 24.7 Å². The lowest BCUT2D eigenvalue weighted by Crippen LogP contribution is -2.34. The monoisotopic (exact) mass is 471 g/mol. The Labute approximate surface area is 194 Å². The minimum absolute atomic E-state index is 0.0456. The first kappa shape index (κ1) is 23.2. The predicted octanol–water partition coefficient (Wildman–Crippen LogP) is 1.36. The number of methoxy groups -OCH3 is 1. The Morgan fingerprint density at radius 1 is 1.29 bits per heavy atom. The number of anilines is 1. The SMILES string of the molecule is CCC(=O)O[C@H]1C[C@@H](OC(C)=O)[C@H](n2c(=O)n(Cc3cccc(OC)c3)c3cnc(N)nc32)O1. The van der Waals surface area contributed by atoms with Gasteiger partial charge in [0, 0.05) is 13.3 Å². The Bertz CT molecular complexity index is 1280. The Balaban J connectivity index is 1.80. The van der Waals surface area contributed by atoms with Gasteiger partial charge in [0.25, 0.3) is 0 Å². The average Bonchev–Trinajstić information content (AvgIpc) is 3.30. The average molecular weight is 471 g/mol. The third kappa shape index (κ3) is 4.57. The largest absolute Gasteiger partial charge is 0.497 e. The Morgan fingerprint density at radius 2 is 2.09 bits per heavy atom. The van der Waals surface area contributed by atoms with Crippen molar-refractivity contribution in [1.29, 1.82) is 0 Å². The van der Waals surface area contributed by atoms with Crippen molar-refractivity contribution in [1.82, 2.24) is 19.1 Å². The zero-order valence-electron chi connectivity index (χ0n) is 19.0. The van der Waals surface area contributed by atoms with Gasteiger partial charge in [-0.3, -0.25) is 14.2 Å². The van der Waals surface area contributed by atoms with Crippen LogP contribution in [0.2, 0.25) is 0 Å². The Kier molecular flexibility index (Phi) is 6.50. The highest BCUT2D eigenvalue weighted by Crippen LogP contribution is 2.33. The van der Waals surface area contributed by atoms with Gasteiger partial charge in [0.1, 0.15) is 11.3 Å². The van der Waals surface area contributed by atoms with Gasteiger partial charge in [-0.15, -0.1) is 0 Å². The summed E-state index contributed by atoms with van der Waals surface area (Å²) >= 11 is 0. The van der Waals surface area contributed by atoms with Gasteiger partial charge in [-0.25, -0.2) is 14.3 Å². The highest BCUT2D eigenvalue weighted by Gasteiger charge is 2.43. The summed E-state index contributed by atoms with van der Waals surface area (Å²) in [4.78, 5) is 45.4. The molecule has 1 aliphatic heterocycles. The molecule has 0 unspecified atom stereocenters. The van der Waals surface area contributed by atoms with Crippen molar-refractivity contribution in [3.8, 4) is 5.75 Å². The van der Waals surface area contributed by atoms with Gasteiger partial charge in [0.2, 0.25) is 12.2 Å². The van der Waals surface area contributed by atoms with E-state index in [4.69, 9.17) is 24.7 Å². The lowest BCUT2D eigenvalue weighted by atomic mass is 10.2. The number of fused-ring (bicyclic) bond motifs is 1. The molecule has 4 rings (SSSR count). The number of esters is 2. The standard InChI is InChI=1S/C22H25N5O7/c1-4-17(29)33-18-9-16(32-12(2)28)20(34-18)27-19-15(10-24-21(23)25-19)26(22(27)30)11-13-6-5-7-14(8-13)31-3/h5-8,10,16,18,20H,4,9,11H2,1-3H3,(H2,23,24,25)/t16-,18-,20-/m1/s1. The van der Waals surface area contributed by atoms with E-state index in [1.165, 1.54) is 22.3 Å². The van der Waals surface area contributed by atoms with E-state index in [1.807, 2.05) is 18.2 Å². The number of benzene rings is 1. The third-order valence-corrected chi connectivity index (χ3v) is 5.36. The van der Waals surface area contributed by atoms with Crippen LogP contribution >= 0.6 is 0 Å². The van der Waals surface area contributed by atoms with Gasteiger partial charge in [0.15, 0.2) is 18.0 Å². The molecule has 0 aliphatic carbocycles. The molecule has 12 heteroatoms. The number of nitrogens with zero attached hydrogens (tertiary/aromatic N) is 4. The molecule has 3 aromatic rings. The molecular formula is C22H25N5O7. The van der Waals surface area contributed by atoms with Crippen molar-refractivity contribution in [2.45, 2.75) is 51.9 Å². The van der Waals surface area contributed by atoms with Crippen LogP contribution in [-0.4, -0.2) is 50.5 Å². The van der Waals surface area contributed by atoms with E-state index in [2.05, 4.69) is 9.97 Å². The van der Waals surface area contributed by atoms with Crippen LogP contribution in [0.25, 0.3) is 11.2 Å². The van der Waals surface area contributed by atoms with Crippen LogP contribution in [-0.2, 0) is 30.3 Å². The molecule has 1 aromatic carbocycles. The van der Waals surface area contributed by atoms with Gasteiger partial charge in [-0.05, 0) is 17.7 Å². The lowest BCUT2D eigenvalue weighted by molar-refractivity contribution is -0.183. The number of rotatable bonds is 7. The van der Waals surface area contributed by atoms with Crippen LogP contribution < -0.4 is 16.2 Å². The maximum absolute atomic E-state index is 13.6. The van der Waals surface area contributed by atoms with Crippen LogP contribution in [0.15, 0.2) is 35.3 Å². The number of ether oxygens (including phenoxy) is 4. The smallest absolute Gasteiger partial charge is 0.332 e. The van der Waals surface area contributed by atoms with Gasteiger partial charge in [0.05, 0.1) is 26.3 Å². The molecule has 0 bridgehead atoms. The van der Waals surface area contributed by atoms with E-state index in [-0.39, 0.29) is 31.0 Å². The van der Waals surface area contributed by atoms with E-state index in [9.17, 15) is 14.4 Å². The first-order valence-corrected chi connectivity index (χ1v) is 10.7. The van der Waals surface area contributed by atoms with Crippen LogP contribution in [0, 0.1) is 0 Å². The fourth-order valence-corrected chi connectivity index (χ4v) is 3.86. The summed E-state index contributed by atoms with van der Waals surface area (Å²) in [6.07, 6.45) is -1.33. The van der Waals surface area contributed by atoms with Crippen molar-refractivity contribution in [3.63, 3.8) is 0 Å². The second-order valence-electron chi connectivity index (χ2n) is 7.71. The van der Waals surface area contributed by atoms with Crippen LogP contribution in [0.3, 0.4) is 0 Å². The maximum Gasteiger partial charge on any atom is 0.332 e. The number of carbonyl (C=O) groups is 2. The molecule has 12 nitrogen and oxygen atoms in total. The lowest BCUT2D eigenvalue weighted by Gasteiger charge is -2.19. The highest BCUT2D eigenvalue weighted by atomic mass is 16.7. The summed E-state index contributed by atoms with van der Waals surface area (Å²) in [6, 6.07) is 7.27. The number of nitrogens with two attached hydrogens (primary N) is 1. The molecule has 3 heterocycles. The molecular weight excluding hydrogens is 446 g/mol. The zero-order chi connectivity index (χ0) is 24.4. The minimum Gasteiger partial charge on any atom is -0.497 e. The second kappa shape index (κ2) is 9.51. The Hall–Kier alpha value is -3.93. The van der Waals surface area contributed by atoms with Gasteiger partial charge in [-0.1, -0.05) is 19.1 Å². The van der Waals surface area contributed by atoms with Gasteiger partial charge in [-0.2, -0.15) is 4.98 Å². The molecule has 1 aliphatic rings. The summed E-state index contributed by atoms with van der Waals surface area (Å²) in [5.41, 5.74) is 6.73. The summed E-state index contributed by atoms with van der Waals surface area (Å²) in [5.74, 6) is -0.449. The van der Waals surface area contributed by atoms with E-state index in [0.717, 1.165) is 5.56 Å². The topological polar surface area (TPSA) is 150 Å². The molecule has 3 atom stereocenters. The zero-order valence-corrected chi connectivity index (χ0v) is 19.0.